The van der Waals surface area contributed by atoms with Crippen molar-refractivity contribution in [2.75, 3.05) is 0 Å². The SMILES string of the molecule is CCC(C)n1cnc2cc(Br)nc(Cl)c21. The molecular formula is C10H11BrClN3. The molecule has 0 bridgehead atoms. The van der Waals surface area contributed by atoms with Gasteiger partial charge in [0.15, 0.2) is 5.15 Å². The molecule has 15 heavy (non-hydrogen) atoms. The smallest absolute Gasteiger partial charge is 0.156 e. The number of imidazole rings is 1. The van der Waals surface area contributed by atoms with Crippen LogP contribution in [0.4, 0.5) is 0 Å². The molecule has 2 rings (SSSR count). The number of fused-ring (bicyclic) bond motifs is 1. The zero-order valence-corrected chi connectivity index (χ0v) is 10.9. The molecule has 0 saturated carbocycles. The maximum Gasteiger partial charge on any atom is 0.156 e. The van der Waals surface area contributed by atoms with E-state index in [1.54, 1.807) is 0 Å². The van der Waals surface area contributed by atoms with E-state index in [2.05, 4.69) is 44.3 Å². The van der Waals surface area contributed by atoms with Crippen LogP contribution in [0.1, 0.15) is 26.3 Å². The monoisotopic (exact) mass is 287 g/mol. The highest BCUT2D eigenvalue weighted by Gasteiger charge is 2.12. The topological polar surface area (TPSA) is 30.7 Å². The highest BCUT2D eigenvalue weighted by Crippen LogP contribution is 2.27. The summed E-state index contributed by atoms with van der Waals surface area (Å²) in [5.41, 5.74) is 1.79. The highest BCUT2D eigenvalue weighted by atomic mass is 79.9. The fourth-order valence-corrected chi connectivity index (χ4v) is 2.30. The average Bonchev–Trinajstić information content (AvgIpc) is 2.60. The third-order valence-electron chi connectivity index (χ3n) is 2.54. The molecule has 2 heterocycles. The first-order valence-electron chi connectivity index (χ1n) is 4.82. The summed E-state index contributed by atoms with van der Waals surface area (Å²) in [7, 11) is 0. The van der Waals surface area contributed by atoms with Gasteiger partial charge in [-0.05, 0) is 35.3 Å². The maximum absolute atomic E-state index is 6.11. The van der Waals surface area contributed by atoms with Gasteiger partial charge in [-0.15, -0.1) is 0 Å². The Kier molecular flexibility index (Phi) is 2.98. The second-order valence-electron chi connectivity index (χ2n) is 3.51. The van der Waals surface area contributed by atoms with E-state index in [9.17, 15) is 0 Å². The summed E-state index contributed by atoms with van der Waals surface area (Å²) in [5, 5.41) is 0.497. The number of nitrogens with zero attached hydrogens (tertiary/aromatic N) is 3. The minimum atomic E-state index is 0.385. The lowest BCUT2D eigenvalue weighted by Gasteiger charge is -2.11. The molecule has 0 radical (unpaired) electrons. The second kappa shape index (κ2) is 4.10. The molecule has 2 aromatic heterocycles. The van der Waals surface area contributed by atoms with Crippen LogP contribution in [0.2, 0.25) is 5.15 Å². The first-order chi connectivity index (χ1) is 7.13. The van der Waals surface area contributed by atoms with Crippen LogP contribution in [0.3, 0.4) is 0 Å². The Morgan fingerprint density at radius 1 is 1.60 bits per heavy atom. The van der Waals surface area contributed by atoms with Crippen molar-refractivity contribution in [1.29, 1.82) is 0 Å². The van der Waals surface area contributed by atoms with Gasteiger partial charge in [0.1, 0.15) is 10.1 Å². The van der Waals surface area contributed by atoms with Crippen molar-refractivity contribution in [2.45, 2.75) is 26.3 Å². The van der Waals surface area contributed by atoms with Gasteiger partial charge >= 0.3 is 0 Å². The highest BCUT2D eigenvalue weighted by molar-refractivity contribution is 9.10. The molecule has 0 aliphatic heterocycles. The molecule has 0 fully saturated rings. The largest absolute Gasteiger partial charge is 0.325 e. The van der Waals surface area contributed by atoms with Gasteiger partial charge in [0, 0.05) is 6.04 Å². The molecule has 3 nitrogen and oxygen atoms in total. The molecule has 1 atom stereocenters. The summed E-state index contributed by atoms with van der Waals surface area (Å²) < 4.78 is 2.78. The molecule has 0 aromatic carbocycles. The quantitative estimate of drug-likeness (QED) is 0.787. The zero-order valence-electron chi connectivity index (χ0n) is 8.54. The fourth-order valence-electron chi connectivity index (χ4n) is 1.52. The lowest BCUT2D eigenvalue weighted by molar-refractivity contribution is 0.544. The molecule has 0 aliphatic carbocycles. The van der Waals surface area contributed by atoms with Crippen LogP contribution in [0.5, 0.6) is 0 Å². The van der Waals surface area contributed by atoms with E-state index in [-0.39, 0.29) is 0 Å². The van der Waals surface area contributed by atoms with E-state index in [1.807, 2.05) is 12.4 Å². The normalized spacial score (nSPS) is 13.3. The van der Waals surface area contributed by atoms with Crippen LogP contribution >= 0.6 is 27.5 Å². The van der Waals surface area contributed by atoms with E-state index in [4.69, 9.17) is 11.6 Å². The first-order valence-corrected chi connectivity index (χ1v) is 5.99. The summed E-state index contributed by atoms with van der Waals surface area (Å²) in [6.45, 7) is 4.27. The molecular weight excluding hydrogens is 277 g/mol. The van der Waals surface area contributed by atoms with Crippen molar-refractivity contribution in [3.05, 3.63) is 22.1 Å². The Labute approximate surface area is 102 Å². The van der Waals surface area contributed by atoms with Crippen molar-refractivity contribution in [1.82, 2.24) is 14.5 Å². The average molecular weight is 289 g/mol. The predicted octanol–water partition coefficient (Wildman–Crippen LogP) is 3.82. The van der Waals surface area contributed by atoms with E-state index in [0.29, 0.717) is 11.2 Å². The Morgan fingerprint density at radius 2 is 2.33 bits per heavy atom. The minimum Gasteiger partial charge on any atom is -0.325 e. The minimum absolute atomic E-state index is 0.385. The third kappa shape index (κ3) is 1.88. The van der Waals surface area contributed by atoms with Crippen molar-refractivity contribution < 1.29 is 0 Å². The maximum atomic E-state index is 6.11. The van der Waals surface area contributed by atoms with E-state index in [0.717, 1.165) is 22.1 Å². The third-order valence-corrected chi connectivity index (χ3v) is 3.21. The number of aromatic nitrogens is 3. The van der Waals surface area contributed by atoms with Crippen molar-refractivity contribution in [2.24, 2.45) is 0 Å². The van der Waals surface area contributed by atoms with Crippen LogP contribution < -0.4 is 0 Å². The van der Waals surface area contributed by atoms with Gasteiger partial charge < -0.3 is 4.57 Å². The summed E-state index contributed by atoms with van der Waals surface area (Å²) in [6, 6.07) is 2.26. The molecule has 2 aromatic rings. The molecule has 0 amide bonds. The summed E-state index contributed by atoms with van der Waals surface area (Å²) in [4.78, 5) is 8.49. The Balaban J connectivity index is 2.69. The molecule has 0 saturated heterocycles. The van der Waals surface area contributed by atoms with E-state index < -0.39 is 0 Å². The van der Waals surface area contributed by atoms with E-state index in [1.165, 1.54) is 0 Å². The van der Waals surface area contributed by atoms with Gasteiger partial charge in [0.25, 0.3) is 0 Å². The number of hydrogen-bond donors (Lipinski definition) is 0. The number of hydrogen-bond acceptors (Lipinski definition) is 2. The van der Waals surface area contributed by atoms with Gasteiger partial charge in [-0.2, -0.15) is 0 Å². The fraction of sp³-hybridized carbons (Fsp3) is 0.400. The van der Waals surface area contributed by atoms with Gasteiger partial charge in [-0.1, -0.05) is 18.5 Å². The molecule has 0 N–H and O–H groups in total. The van der Waals surface area contributed by atoms with Crippen LogP contribution in [0.25, 0.3) is 11.0 Å². The van der Waals surface area contributed by atoms with Gasteiger partial charge in [-0.3, -0.25) is 0 Å². The summed E-state index contributed by atoms with van der Waals surface area (Å²) >= 11 is 9.41. The molecule has 0 spiro atoms. The van der Waals surface area contributed by atoms with Crippen LogP contribution in [-0.4, -0.2) is 14.5 Å². The van der Waals surface area contributed by atoms with Crippen molar-refractivity contribution >= 4 is 38.6 Å². The van der Waals surface area contributed by atoms with Crippen molar-refractivity contribution in [3.8, 4) is 0 Å². The van der Waals surface area contributed by atoms with Crippen LogP contribution in [0.15, 0.2) is 17.0 Å². The molecule has 1 unspecified atom stereocenters. The predicted molar refractivity (Wildman–Crippen MR) is 65.2 cm³/mol. The first kappa shape index (κ1) is 10.9. The number of rotatable bonds is 2. The summed E-state index contributed by atoms with van der Waals surface area (Å²) in [6.07, 6.45) is 2.86. The standard InChI is InChI=1S/C10H11BrClN3/c1-3-6(2)15-5-13-7-4-8(11)14-10(12)9(7)15/h4-6H,3H2,1-2H3. The van der Waals surface area contributed by atoms with Gasteiger partial charge in [0.2, 0.25) is 0 Å². The molecule has 5 heteroatoms. The number of pyridine rings is 1. The van der Waals surface area contributed by atoms with Crippen molar-refractivity contribution in [3.63, 3.8) is 0 Å². The Hall–Kier alpha value is -0.610. The van der Waals surface area contributed by atoms with Gasteiger partial charge in [0.05, 0.1) is 11.8 Å². The molecule has 80 valence electrons. The van der Waals surface area contributed by atoms with E-state index >= 15 is 0 Å². The second-order valence-corrected chi connectivity index (χ2v) is 4.68. The molecule has 0 aliphatic rings. The lowest BCUT2D eigenvalue weighted by Crippen LogP contribution is -2.02. The lowest BCUT2D eigenvalue weighted by atomic mass is 10.2. The Bertz CT molecular complexity index is 495. The zero-order chi connectivity index (χ0) is 11.0. The van der Waals surface area contributed by atoms with Crippen LogP contribution in [0, 0.1) is 0 Å². The summed E-state index contributed by atoms with van der Waals surface area (Å²) in [5.74, 6) is 0. The van der Waals surface area contributed by atoms with Gasteiger partial charge in [-0.25, -0.2) is 9.97 Å². The van der Waals surface area contributed by atoms with Crippen LogP contribution in [-0.2, 0) is 0 Å². The number of halogens is 2. The Morgan fingerprint density at radius 3 is 3.00 bits per heavy atom.